The SMILES string of the molecule is O=C1[C@H]2[C@H](ON(c3ccccc3)[C@@H]2c2ccccc2)C(=O)N1c1ccccc1. The van der Waals surface area contributed by atoms with Gasteiger partial charge in [-0.2, -0.15) is 0 Å². The summed E-state index contributed by atoms with van der Waals surface area (Å²) in [6.45, 7) is 0. The lowest BCUT2D eigenvalue weighted by Gasteiger charge is -2.28. The molecular formula is C23H18N2O3. The van der Waals surface area contributed by atoms with E-state index >= 15 is 0 Å². The molecular weight excluding hydrogens is 352 g/mol. The van der Waals surface area contributed by atoms with Gasteiger partial charge in [-0.25, -0.2) is 9.96 Å². The summed E-state index contributed by atoms with van der Waals surface area (Å²) in [5, 5.41) is 1.71. The zero-order valence-corrected chi connectivity index (χ0v) is 15.0. The summed E-state index contributed by atoms with van der Waals surface area (Å²) >= 11 is 0. The Hall–Kier alpha value is -3.44. The number of nitrogens with zero attached hydrogens (tertiary/aromatic N) is 2. The molecule has 138 valence electrons. The normalized spacial score (nSPS) is 23.9. The number of carbonyl (C=O) groups is 2. The van der Waals surface area contributed by atoms with E-state index < -0.39 is 12.0 Å². The van der Waals surface area contributed by atoms with Crippen LogP contribution in [0.4, 0.5) is 11.4 Å². The van der Waals surface area contributed by atoms with Crippen LogP contribution in [0.2, 0.25) is 0 Å². The van der Waals surface area contributed by atoms with E-state index in [1.807, 2.05) is 78.9 Å². The van der Waals surface area contributed by atoms with Crippen LogP contribution >= 0.6 is 0 Å². The lowest BCUT2D eigenvalue weighted by atomic mass is 9.90. The number of imide groups is 1. The van der Waals surface area contributed by atoms with Crippen molar-refractivity contribution in [2.45, 2.75) is 12.1 Å². The van der Waals surface area contributed by atoms with Gasteiger partial charge in [0.15, 0.2) is 6.10 Å². The predicted octanol–water partition coefficient (Wildman–Crippen LogP) is 3.74. The fourth-order valence-electron chi connectivity index (χ4n) is 4.03. The van der Waals surface area contributed by atoms with Gasteiger partial charge in [0, 0.05) is 0 Å². The van der Waals surface area contributed by atoms with Crippen molar-refractivity contribution < 1.29 is 14.4 Å². The maximum absolute atomic E-state index is 13.4. The molecule has 0 spiro atoms. The summed E-state index contributed by atoms with van der Waals surface area (Å²) in [6, 6.07) is 28.0. The molecule has 0 aromatic heterocycles. The monoisotopic (exact) mass is 370 g/mol. The Bertz CT molecular complexity index is 1010. The molecule has 0 aliphatic carbocycles. The topological polar surface area (TPSA) is 49.9 Å². The van der Waals surface area contributed by atoms with Crippen LogP contribution in [0.15, 0.2) is 91.0 Å². The van der Waals surface area contributed by atoms with E-state index in [2.05, 4.69) is 0 Å². The van der Waals surface area contributed by atoms with E-state index in [0.717, 1.165) is 11.3 Å². The molecule has 0 bridgehead atoms. The number of hydroxylamine groups is 1. The van der Waals surface area contributed by atoms with Crippen molar-refractivity contribution in [1.29, 1.82) is 0 Å². The Balaban J connectivity index is 1.59. The van der Waals surface area contributed by atoms with E-state index in [0.29, 0.717) is 5.69 Å². The summed E-state index contributed by atoms with van der Waals surface area (Å²) in [5.74, 6) is -1.15. The number of amides is 2. The molecule has 5 rings (SSSR count). The van der Waals surface area contributed by atoms with Gasteiger partial charge < -0.3 is 0 Å². The van der Waals surface area contributed by atoms with Crippen molar-refractivity contribution in [3.63, 3.8) is 0 Å². The summed E-state index contributed by atoms with van der Waals surface area (Å²) in [7, 11) is 0. The van der Waals surface area contributed by atoms with Gasteiger partial charge >= 0.3 is 0 Å². The Morgan fingerprint density at radius 3 is 1.79 bits per heavy atom. The van der Waals surface area contributed by atoms with Crippen molar-refractivity contribution in [1.82, 2.24) is 0 Å². The Labute approximate surface area is 162 Å². The Kier molecular flexibility index (Phi) is 3.95. The van der Waals surface area contributed by atoms with Crippen LogP contribution in [-0.4, -0.2) is 17.9 Å². The molecule has 0 radical (unpaired) electrons. The molecule has 2 aliphatic rings. The number of fused-ring (bicyclic) bond motifs is 1. The maximum atomic E-state index is 13.4. The summed E-state index contributed by atoms with van der Waals surface area (Å²) in [4.78, 5) is 33.8. The molecule has 3 atom stereocenters. The molecule has 2 heterocycles. The van der Waals surface area contributed by atoms with E-state index in [4.69, 9.17) is 4.84 Å². The van der Waals surface area contributed by atoms with Crippen LogP contribution in [0.25, 0.3) is 0 Å². The van der Waals surface area contributed by atoms with Crippen LogP contribution in [0.3, 0.4) is 0 Å². The Morgan fingerprint density at radius 2 is 1.18 bits per heavy atom. The fourth-order valence-corrected chi connectivity index (χ4v) is 4.03. The molecule has 2 aliphatic heterocycles. The smallest absolute Gasteiger partial charge is 0.266 e. The van der Waals surface area contributed by atoms with E-state index in [1.165, 1.54) is 4.90 Å². The molecule has 5 nitrogen and oxygen atoms in total. The van der Waals surface area contributed by atoms with Gasteiger partial charge in [0.2, 0.25) is 5.91 Å². The highest BCUT2D eigenvalue weighted by atomic mass is 16.7. The van der Waals surface area contributed by atoms with Crippen molar-refractivity contribution in [2.24, 2.45) is 5.92 Å². The van der Waals surface area contributed by atoms with Gasteiger partial charge in [0.25, 0.3) is 5.91 Å². The maximum Gasteiger partial charge on any atom is 0.266 e. The van der Waals surface area contributed by atoms with Gasteiger partial charge in [0.1, 0.15) is 5.92 Å². The molecule has 3 aromatic carbocycles. The Morgan fingerprint density at radius 1 is 0.643 bits per heavy atom. The second kappa shape index (κ2) is 6.62. The number of hydrogen-bond donors (Lipinski definition) is 0. The summed E-state index contributed by atoms with van der Waals surface area (Å²) < 4.78 is 0. The highest BCUT2D eigenvalue weighted by Gasteiger charge is 2.60. The van der Waals surface area contributed by atoms with Crippen LogP contribution < -0.4 is 9.96 Å². The van der Waals surface area contributed by atoms with Crippen molar-refractivity contribution in [2.75, 3.05) is 9.96 Å². The molecule has 2 saturated heterocycles. The third kappa shape index (κ3) is 2.52. The molecule has 0 saturated carbocycles. The first-order valence-electron chi connectivity index (χ1n) is 9.24. The second-order valence-corrected chi connectivity index (χ2v) is 6.92. The minimum absolute atomic E-state index is 0.228. The van der Waals surface area contributed by atoms with Gasteiger partial charge in [0.05, 0.1) is 17.4 Å². The van der Waals surface area contributed by atoms with Gasteiger partial charge in [-0.05, 0) is 29.8 Å². The average molecular weight is 370 g/mol. The third-order valence-corrected chi connectivity index (χ3v) is 5.28. The molecule has 0 unspecified atom stereocenters. The van der Waals surface area contributed by atoms with Gasteiger partial charge in [-0.3, -0.25) is 14.4 Å². The second-order valence-electron chi connectivity index (χ2n) is 6.92. The van der Waals surface area contributed by atoms with E-state index in [1.54, 1.807) is 17.2 Å². The first-order valence-corrected chi connectivity index (χ1v) is 9.24. The largest absolute Gasteiger partial charge is 0.273 e. The first-order chi connectivity index (χ1) is 13.8. The molecule has 2 amide bonds. The number of para-hydroxylation sites is 2. The molecule has 0 N–H and O–H groups in total. The molecule has 3 aromatic rings. The molecule has 2 fully saturated rings. The van der Waals surface area contributed by atoms with Crippen LogP contribution in [0, 0.1) is 5.92 Å². The standard InChI is InChI=1S/C23H18N2O3/c26-22-19-20(16-10-4-1-5-11-16)25(18-14-8-3-9-15-18)28-21(19)23(27)24(22)17-12-6-2-7-13-17/h1-15,19-21H/t19-,20-,21+/m1/s1. The van der Waals surface area contributed by atoms with Crippen LogP contribution in [-0.2, 0) is 14.4 Å². The number of benzene rings is 3. The summed E-state index contributed by atoms with van der Waals surface area (Å²) in [5.41, 5.74) is 2.33. The van der Waals surface area contributed by atoms with Gasteiger partial charge in [-0.1, -0.05) is 66.7 Å². The van der Waals surface area contributed by atoms with Crippen LogP contribution in [0.1, 0.15) is 11.6 Å². The van der Waals surface area contributed by atoms with Crippen molar-refractivity contribution >= 4 is 23.2 Å². The summed E-state index contributed by atoms with van der Waals surface area (Å²) in [6.07, 6.45) is -0.835. The zero-order valence-electron chi connectivity index (χ0n) is 15.0. The number of anilines is 2. The lowest BCUT2D eigenvalue weighted by molar-refractivity contribution is -0.126. The van der Waals surface area contributed by atoms with Crippen LogP contribution in [0.5, 0.6) is 0 Å². The average Bonchev–Trinajstić information content (AvgIpc) is 3.26. The van der Waals surface area contributed by atoms with Crippen molar-refractivity contribution in [3.8, 4) is 0 Å². The third-order valence-electron chi connectivity index (χ3n) is 5.28. The minimum atomic E-state index is -0.835. The quantitative estimate of drug-likeness (QED) is 0.659. The number of carbonyl (C=O) groups excluding carboxylic acids is 2. The molecule has 28 heavy (non-hydrogen) atoms. The van der Waals surface area contributed by atoms with Gasteiger partial charge in [-0.15, -0.1) is 0 Å². The zero-order chi connectivity index (χ0) is 19.1. The fraction of sp³-hybridized carbons (Fsp3) is 0.130. The lowest BCUT2D eigenvalue weighted by Crippen LogP contribution is -2.37. The minimum Gasteiger partial charge on any atom is -0.273 e. The van der Waals surface area contributed by atoms with E-state index in [9.17, 15) is 9.59 Å². The number of hydrogen-bond acceptors (Lipinski definition) is 4. The van der Waals surface area contributed by atoms with Crippen molar-refractivity contribution in [3.05, 3.63) is 96.6 Å². The highest BCUT2D eigenvalue weighted by Crippen LogP contribution is 2.47. The predicted molar refractivity (Wildman–Crippen MR) is 105 cm³/mol. The highest BCUT2D eigenvalue weighted by molar-refractivity contribution is 6.23. The first kappa shape index (κ1) is 16.7. The van der Waals surface area contributed by atoms with E-state index in [-0.39, 0.29) is 17.9 Å². The number of rotatable bonds is 3. The molecule has 5 heteroatoms.